The molecule has 512 valence electrons. The molecule has 0 amide bonds. The Labute approximate surface area is 641 Å². The Morgan fingerprint density at radius 3 is 0.570 bits per heavy atom. The average Bonchev–Trinajstić information content (AvgIpc) is 3.81. The van der Waals surface area contributed by atoms with Gasteiger partial charge in [-0.1, -0.05) is 138 Å². The fourth-order valence-electron chi connectivity index (χ4n) is 11.8. The van der Waals surface area contributed by atoms with Gasteiger partial charge in [-0.3, -0.25) is 0 Å². The van der Waals surface area contributed by atoms with Crippen molar-refractivity contribution in [3.05, 3.63) is 168 Å². The minimum absolute atomic E-state index is 0. The fraction of sp³-hybridized carbons (Fsp3) is 0.560. The summed E-state index contributed by atoms with van der Waals surface area (Å²) in [6.45, 7) is 56.0. The first-order chi connectivity index (χ1) is 34.2. The standard InChI is InChI=1S/4C10H20.C9H10Se.C6H4OSe.2C6H4Se2.8CH3.4Ir/c4*1-6-7(2)9(4)10(5)8(6)3;1-6-4-8(3)9(10)5-7(6)2;7-5-1-3-6(8)4-2-5;7-5-1-2-6(8)4-3-5;7-5-3-1-2-4-6(5)8;;;;;;;;;;;;/h4*6-10H,1-5H3;4-5H,1H2,2-3H3;3*1-4H;8*1H3;;;;/q;;;;;;;;8*-1;;;;. The summed E-state index contributed by atoms with van der Waals surface area (Å²) in [6, 6.07) is 0. The van der Waals surface area contributed by atoms with Crippen LogP contribution in [0.2, 0.25) is 0 Å². The number of rotatable bonds is 0. The quantitative estimate of drug-likeness (QED) is 0.175. The van der Waals surface area contributed by atoms with Crippen molar-refractivity contribution in [3.63, 3.8) is 0 Å². The second kappa shape index (κ2) is 57.5. The van der Waals surface area contributed by atoms with Gasteiger partial charge in [0.15, 0.2) is 0 Å². The first-order valence-electron chi connectivity index (χ1n) is 28.1. The van der Waals surface area contributed by atoms with E-state index in [1.54, 1.807) is 12.2 Å². The van der Waals surface area contributed by atoms with Gasteiger partial charge in [-0.2, -0.15) is 0 Å². The molecule has 0 atom stereocenters. The number of carbonyl (C=O) groups is 1. The van der Waals surface area contributed by atoms with Crippen LogP contribution < -0.4 is 0 Å². The predicted octanol–water partition coefficient (Wildman–Crippen LogP) is 17.7. The fourth-order valence-corrected chi connectivity index (χ4v) is 13.7. The maximum atomic E-state index is 10.4. The van der Waals surface area contributed by atoms with E-state index in [9.17, 15) is 4.79 Å². The molecule has 0 aromatic rings. The summed E-state index contributed by atoms with van der Waals surface area (Å²) in [5.74, 6) is 18.8. The van der Waals surface area contributed by atoms with E-state index in [0.717, 1.165) is 128 Å². The Morgan fingerprint density at radius 2 is 0.430 bits per heavy atom. The second-order valence-corrected chi connectivity index (χ2v) is 29.9. The molecule has 0 aromatic heterocycles. The van der Waals surface area contributed by atoms with Crippen LogP contribution in [0.4, 0.5) is 0 Å². The second-order valence-electron chi connectivity index (χ2n) is 24.1. The van der Waals surface area contributed by atoms with Crippen LogP contribution in [0, 0.1) is 178 Å². The van der Waals surface area contributed by atoms with Crippen LogP contribution in [0.15, 0.2) is 108 Å². The molecule has 0 bridgehead atoms. The molecule has 0 aliphatic heterocycles. The van der Waals surface area contributed by atoms with Gasteiger partial charge in [-0.05, 0) is 118 Å². The number of allylic oxidation sites excluding steroid dienone is 17. The first-order valence-corrected chi connectivity index (χ1v) is 33.3. The molecular formula is C75H126Ir4OSe6-8. The molecule has 8 aliphatic carbocycles. The van der Waals surface area contributed by atoms with E-state index in [-0.39, 0.29) is 146 Å². The predicted molar refractivity (Wildman–Crippen MR) is 396 cm³/mol. The third kappa shape index (κ3) is 37.5. The van der Waals surface area contributed by atoms with Gasteiger partial charge in [-0.25, -0.2) is 0 Å². The topological polar surface area (TPSA) is 17.1 Å². The third-order valence-electron chi connectivity index (χ3n) is 20.7. The summed E-state index contributed by atoms with van der Waals surface area (Å²) in [7, 11) is 0. The Morgan fingerprint density at radius 1 is 0.267 bits per heavy atom. The van der Waals surface area contributed by atoms with Crippen molar-refractivity contribution in [1.29, 1.82) is 0 Å². The molecule has 0 heterocycles. The van der Waals surface area contributed by atoms with Gasteiger partial charge in [0, 0.05) is 80.4 Å². The van der Waals surface area contributed by atoms with E-state index in [1.807, 2.05) is 48.6 Å². The Balaban J connectivity index is -0.0000000715. The van der Waals surface area contributed by atoms with Crippen LogP contribution in [0.5, 0.6) is 0 Å². The van der Waals surface area contributed by atoms with E-state index in [0.29, 0.717) is 0 Å². The minimum atomic E-state index is 0. The summed E-state index contributed by atoms with van der Waals surface area (Å²) in [6.07, 6.45) is 27.0. The van der Waals surface area contributed by atoms with E-state index in [2.05, 4.69) is 265 Å². The van der Waals surface area contributed by atoms with Crippen molar-refractivity contribution in [1.82, 2.24) is 0 Å². The van der Waals surface area contributed by atoms with Crippen LogP contribution in [-0.2, 0) is 85.2 Å². The van der Waals surface area contributed by atoms with Gasteiger partial charge in [0.05, 0.1) is 0 Å². The molecule has 0 N–H and O–H groups in total. The normalized spacial score (nSPS) is 32.9. The molecule has 0 unspecified atom stereocenters. The van der Waals surface area contributed by atoms with Crippen molar-refractivity contribution in [2.24, 2.45) is 118 Å². The molecule has 4 saturated carbocycles. The van der Waals surface area contributed by atoms with Crippen molar-refractivity contribution in [3.8, 4) is 0 Å². The van der Waals surface area contributed by atoms with Crippen LogP contribution in [0.1, 0.15) is 152 Å². The van der Waals surface area contributed by atoms with E-state index < -0.39 is 0 Å². The van der Waals surface area contributed by atoms with E-state index >= 15 is 0 Å². The van der Waals surface area contributed by atoms with Gasteiger partial charge in [-0.15, -0.1) is 0 Å². The molecule has 8 aliphatic rings. The monoisotopic (exact) mass is 2290 g/mol. The SMILES string of the molecule is C=C1C=C(C)C(=[Se])C=C1C.CC1C(C)C(C)C(C)C1C.CC1C(C)C(C)C(C)C1C.CC1C(C)C(C)C(C)C1C.CC1C(C)C(C)C(C)C1C.O=C1C=CC(=[Se])C=C1.[CH3-].[CH3-].[CH3-].[CH3-].[CH3-].[CH3-].[CH3-].[CH3-].[Ir].[Ir].[Ir].[Ir].[Se]=C1C=CC(=[Se])C=C1.[Se]=C1C=CC=CC1=[Se]. The zero-order valence-corrected chi connectivity index (χ0v) is 79.4. The molecule has 86 heavy (non-hydrogen) atoms. The number of carbonyl (C=O) groups excluding carboxylic acids is 1. The summed E-state index contributed by atoms with van der Waals surface area (Å²) in [5, 5.41) is 0. The number of ketones is 1. The Bertz CT molecular complexity index is 1760. The molecule has 11 heteroatoms. The van der Waals surface area contributed by atoms with Crippen molar-refractivity contribution in [2.75, 3.05) is 0 Å². The maximum absolute atomic E-state index is 10.4. The molecule has 0 aromatic carbocycles. The zero-order valence-electron chi connectivity index (χ0n) is 59.5. The molecule has 4 radical (unpaired) electrons. The summed E-state index contributed by atoms with van der Waals surface area (Å²) in [4.78, 5) is 10.4. The molecule has 4 fully saturated rings. The third-order valence-corrected chi connectivity index (χ3v) is 25.5. The summed E-state index contributed by atoms with van der Waals surface area (Å²) in [5.41, 5.74) is 3.64. The van der Waals surface area contributed by atoms with Crippen LogP contribution in [0.25, 0.3) is 0 Å². The molecule has 0 saturated heterocycles. The molecule has 0 spiro atoms. The molecule has 1 nitrogen and oxygen atoms in total. The van der Waals surface area contributed by atoms with Crippen molar-refractivity contribution >= 4 is 126 Å². The van der Waals surface area contributed by atoms with Crippen LogP contribution in [-0.4, -0.2) is 126 Å². The van der Waals surface area contributed by atoms with Crippen molar-refractivity contribution < 1.29 is 85.2 Å². The molecule has 8 rings (SSSR count). The first kappa shape index (κ1) is 116. The number of hydrogen-bond donors (Lipinski definition) is 0. The van der Waals surface area contributed by atoms with Gasteiger partial charge in [0.2, 0.25) is 0 Å². The average molecular weight is 2290 g/mol. The van der Waals surface area contributed by atoms with Gasteiger partial charge >= 0.3 is 253 Å². The zero-order chi connectivity index (χ0) is 57.2. The van der Waals surface area contributed by atoms with Gasteiger partial charge in [0.1, 0.15) is 0 Å². The Kier molecular flexibility index (Phi) is 77.3. The van der Waals surface area contributed by atoms with Gasteiger partial charge < -0.3 is 59.4 Å². The summed E-state index contributed by atoms with van der Waals surface area (Å²) < 4.78 is 6.97. The molecular weight excluding hydrogens is 2160 g/mol. The number of hydrogen-bond acceptors (Lipinski definition) is 1. The van der Waals surface area contributed by atoms with E-state index in [4.69, 9.17) is 0 Å². The van der Waals surface area contributed by atoms with E-state index in [1.165, 1.54) is 45.4 Å². The van der Waals surface area contributed by atoms with Crippen LogP contribution >= 0.6 is 0 Å². The van der Waals surface area contributed by atoms with Crippen molar-refractivity contribution in [2.45, 2.75) is 152 Å². The van der Waals surface area contributed by atoms with Crippen LogP contribution in [0.3, 0.4) is 0 Å². The Hall–Kier alpha value is 2.26. The summed E-state index contributed by atoms with van der Waals surface area (Å²) >= 11 is 17.5. The van der Waals surface area contributed by atoms with Gasteiger partial charge in [0.25, 0.3) is 0 Å².